The first-order chi connectivity index (χ1) is 9.73. The van der Waals surface area contributed by atoms with E-state index in [-0.39, 0.29) is 13.1 Å². The van der Waals surface area contributed by atoms with Gasteiger partial charge in [0.25, 0.3) is 0 Å². The van der Waals surface area contributed by atoms with Crippen LogP contribution in [0.1, 0.15) is 20.8 Å². The lowest BCUT2D eigenvalue weighted by Crippen LogP contribution is -2.45. The van der Waals surface area contributed by atoms with Gasteiger partial charge in [-0.1, -0.05) is 11.6 Å². The van der Waals surface area contributed by atoms with E-state index in [1.54, 1.807) is 45.0 Å². The highest BCUT2D eigenvalue weighted by Crippen LogP contribution is 2.15. The number of nitrogens with two attached hydrogens (primary N) is 1. The number of urea groups is 1. The van der Waals surface area contributed by atoms with Crippen LogP contribution in [-0.4, -0.2) is 35.7 Å². The van der Waals surface area contributed by atoms with Crippen LogP contribution in [0.4, 0.5) is 15.3 Å². The molecule has 0 saturated heterocycles. The smallest absolute Gasteiger partial charge is 0.418 e. The summed E-state index contributed by atoms with van der Waals surface area (Å²) in [6.07, 6.45) is -0.737. The molecule has 0 aliphatic rings. The van der Waals surface area contributed by atoms with Gasteiger partial charge >= 0.3 is 12.1 Å². The van der Waals surface area contributed by atoms with Crippen molar-refractivity contribution in [3.8, 4) is 0 Å². The van der Waals surface area contributed by atoms with Gasteiger partial charge in [0.05, 0.1) is 0 Å². The fourth-order valence-electron chi connectivity index (χ4n) is 1.45. The van der Waals surface area contributed by atoms with Gasteiger partial charge in [-0.05, 0) is 45.0 Å². The number of anilines is 1. The Hall–Kier alpha value is -1.79. The molecule has 7 heteroatoms. The topological polar surface area (TPSA) is 84.7 Å². The number of nitrogens with zero attached hydrogens (tertiary/aromatic N) is 1. The van der Waals surface area contributed by atoms with Crippen LogP contribution in [0.5, 0.6) is 0 Å². The fourth-order valence-corrected chi connectivity index (χ4v) is 1.57. The number of imide groups is 1. The molecule has 6 nitrogen and oxygen atoms in total. The molecule has 0 spiro atoms. The average Bonchev–Trinajstić information content (AvgIpc) is 2.36. The summed E-state index contributed by atoms with van der Waals surface area (Å²) in [5, 5.41) is 3.15. The summed E-state index contributed by atoms with van der Waals surface area (Å²) in [7, 11) is 0. The number of amides is 3. The summed E-state index contributed by atoms with van der Waals surface area (Å²) < 4.78 is 5.18. The van der Waals surface area contributed by atoms with Gasteiger partial charge in [0.1, 0.15) is 5.60 Å². The SMILES string of the molecule is CC(C)(C)OC(=O)N(CCN)C(=O)Nc1ccc(Cl)cc1. The largest absolute Gasteiger partial charge is 0.443 e. The van der Waals surface area contributed by atoms with Crippen molar-refractivity contribution in [2.75, 3.05) is 18.4 Å². The normalized spacial score (nSPS) is 10.9. The summed E-state index contributed by atoms with van der Waals surface area (Å²) in [6.45, 7) is 5.38. The zero-order valence-electron chi connectivity index (χ0n) is 12.4. The Bertz CT molecular complexity index is 497. The summed E-state index contributed by atoms with van der Waals surface area (Å²) in [5.74, 6) is 0. The van der Waals surface area contributed by atoms with Gasteiger partial charge in [-0.25, -0.2) is 14.5 Å². The predicted molar refractivity (Wildman–Crippen MR) is 82.5 cm³/mol. The molecule has 0 fully saturated rings. The van der Waals surface area contributed by atoms with Crippen molar-refractivity contribution < 1.29 is 14.3 Å². The van der Waals surface area contributed by atoms with Crippen LogP contribution in [0.25, 0.3) is 0 Å². The summed E-state index contributed by atoms with van der Waals surface area (Å²) >= 11 is 5.77. The first-order valence-electron chi connectivity index (χ1n) is 6.50. The molecule has 0 saturated carbocycles. The molecule has 3 N–H and O–H groups in total. The van der Waals surface area contributed by atoms with Crippen LogP contribution in [-0.2, 0) is 4.74 Å². The highest BCUT2D eigenvalue weighted by Gasteiger charge is 2.26. The Balaban J connectivity index is 2.77. The molecule has 0 heterocycles. The van der Waals surface area contributed by atoms with Gasteiger partial charge in [-0.2, -0.15) is 0 Å². The van der Waals surface area contributed by atoms with E-state index in [0.29, 0.717) is 10.7 Å². The molecule has 0 aliphatic heterocycles. The van der Waals surface area contributed by atoms with Crippen molar-refractivity contribution in [3.05, 3.63) is 29.3 Å². The number of hydrogen-bond donors (Lipinski definition) is 2. The maximum Gasteiger partial charge on any atom is 0.418 e. The highest BCUT2D eigenvalue weighted by molar-refractivity contribution is 6.30. The van der Waals surface area contributed by atoms with Crippen LogP contribution in [0.15, 0.2) is 24.3 Å². The number of halogens is 1. The molecule has 0 aliphatic carbocycles. The molecule has 116 valence electrons. The van der Waals surface area contributed by atoms with Gasteiger partial charge < -0.3 is 15.8 Å². The van der Waals surface area contributed by atoms with Crippen molar-refractivity contribution in [3.63, 3.8) is 0 Å². The molecule has 21 heavy (non-hydrogen) atoms. The minimum atomic E-state index is -0.737. The Morgan fingerprint density at radius 2 is 1.86 bits per heavy atom. The summed E-state index contributed by atoms with van der Waals surface area (Å²) in [5.41, 5.74) is 5.27. The van der Waals surface area contributed by atoms with Crippen LogP contribution in [0.3, 0.4) is 0 Å². The monoisotopic (exact) mass is 313 g/mol. The van der Waals surface area contributed by atoms with E-state index in [4.69, 9.17) is 22.1 Å². The predicted octanol–water partition coefficient (Wildman–Crippen LogP) is 3.07. The average molecular weight is 314 g/mol. The van der Waals surface area contributed by atoms with Gasteiger partial charge in [0, 0.05) is 23.8 Å². The molecule has 0 bridgehead atoms. The minimum Gasteiger partial charge on any atom is -0.443 e. The van der Waals surface area contributed by atoms with Gasteiger partial charge in [-0.15, -0.1) is 0 Å². The molecular formula is C14H20ClN3O3. The maximum atomic E-state index is 12.1. The van der Waals surface area contributed by atoms with Crippen LogP contribution in [0, 0.1) is 0 Å². The van der Waals surface area contributed by atoms with E-state index >= 15 is 0 Å². The first kappa shape index (κ1) is 17.3. The molecule has 1 rings (SSSR count). The molecule has 1 aromatic carbocycles. The van der Waals surface area contributed by atoms with Crippen LogP contribution in [0.2, 0.25) is 5.02 Å². The van der Waals surface area contributed by atoms with Crippen molar-refractivity contribution in [2.45, 2.75) is 26.4 Å². The molecule has 0 atom stereocenters. The first-order valence-corrected chi connectivity index (χ1v) is 6.88. The van der Waals surface area contributed by atoms with Gasteiger partial charge in [-0.3, -0.25) is 0 Å². The number of hydrogen-bond acceptors (Lipinski definition) is 4. The Morgan fingerprint density at radius 3 is 2.33 bits per heavy atom. The number of nitrogens with one attached hydrogen (secondary N) is 1. The number of benzene rings is 1. The molecule has 1 aromatic rings. The van der Waals surface area contributed by atoms with Crippen molar-refractivity contribution in [2.24, 2.45) is 5.73 Å². The number of carbonyl (C=O) groups excluding carboxylic acids is 2. The van der Waals surface area contributed by atoms with E-state index in [9.17, 15) is 9.59 Å². The second-order valence-corrected chi connectivity index (χ2v) is 5.79. The Kier molecular flexibility index (Phi) is 5.99. The molecule has 3 amide bonds. The summed E-state index contributed by atoms with van der Waals surface area (Å²) in [6, 6.07) is 5.94. The van der Waals surface area contributed by atoms with Crippen LogP contribution >= 0.6 is 11.6 Å². The molecule has 0 unspecified atom stereocenters. The zero-order chi connectivity index (χ0) is 16.0. The van der Waals surface area contributed by atoms with Crippen molar-refractivity contribution in [1.29, 1.82) is 0 Å². The van der Waals surface area contributed by atoms with Crippen molar-refractivity contribution >= 4 is 29.4 Å². The summed E-state index contributed by atoms with van der Waals surface area (Å²) in [4.78, 5) is 25.1. The van der Waals surface area contributed by atoms with E-state index in [1.807, 2.05) is 0 Å². The Labute approximate surface area is 129 Å². The van der Waals surface area contributed by atoms with E-state index in [1.165, 1.54) is 0 Å². The Morgan fingerprint density at radius 1 is 1.29 bits per heavy atom. The molecular weight excluding hydrogens is 294 g/mol. The lowest BCUT2D eigenvalue weighted by atomic mass is 10.2. The van der Waals surface area contributed by atoms with Crippen molar-refractivity contribution in [1.82, 2.24) is 4.90 Å². The third-order valence-electron chi connectivity index (χ3n) is 2.31. The molecule has 0 radical (unpaired) electrons. The van der Waals surface area contributed by atoms with Gasteiger partial charge in [0.2, 0.25) is 0 Å². The fraction of sp³-hybridized carbons (Fsp3) is 0.429. The van der Waals surface area contributed by atoms with Crippen LogP contribution < -0.4 is 11.1 Å². The number of rotatable bonds is 3. The molecule has 0 aromatic heterocycles. The van der Waals surface area contributed by atoms with E-state index in [0.717, 1.165) is 4.90 Å². The zero-order valence-corrected chi connectivity index (χ0v) is 13.1. The lowest BCUT2D eigenvalue weighted by molar-refractivity contribution is 0.0337. The van der Waals surface area contributed by atoms with E-state index in [2.05, 4.69) is 5.32 Å². The standard InChI is InChI=1S/C14H20ClN3O3/c1-14(2,3)21-13(20)18(9-8-16)12(19)17-11-6-4-10(15)5-7-11/h4-7H,8-9,16H2,1-3H3,(H,17,19). The highest BCUT2D eigenvalue weighted by atomic mass is 35.5. The lowest BCUT2D eigenvalue weighted by Gasteiger charge is -2.26. The van der Waals surface area contributed by atoms with E-state index < -0.39 is 17.7 Å². The minimum absolute atomic E-state index is 0.0638. The second-order valence-electron chi connectivity index (χ2n) is 5.36. The second kappa shape index (κ2) is 7.28. The quantitative estimate of drug-likeness (QED) is 0.898. The third kappa shape index (κ3) is 6.01. The number of carbonyl (C=O) groups is 2. The number of ether oxygens (including phenoxy) is 1. The maximum absolute atomic E-state index is 12.1. The van der Waals surface area contributed by atoms with Gasteiger partial charge in [0.15, 0.2) is 0 Å². The third-order valence-corrected chi connectivity index (χ3v) is 2.56.